The minimum absolute atomic E-state index is 0.0571. The first-order valence-corrected chi connectivity index (χ1v) is 8.37. The third kappa shape index (κ3) is 2.12. The Hall–Kier alpha value is -1.81. The Morgan fingerprint density at radius 2 is 2.13 bits per heavy atom. The molecule has 4 heteroatoms. The van der Waals surface area contributed by atoms with Gasteiger partial charge in [-0.05, 0) is 25.0 Å². The zero-order valence-electron chi connectivity index (χ0n) is 13.9. The Balaban J connectivity index is 1.58. The molecule has 2 fully saturated rings. The van der Waals surface area contributed by atoms with Gasteiger partial charge in [-0.15, -0.1) is 0 Å². The lowest BCUT2D eigenvalue weighted by Crippen LogP contribution is -2.65. The number of fused-ring (bicyclic) bond motifs is 2. The van der Waals surface area contributed by atoms with Gasteiger partial charge in [0.15, 0.2) is 0 Å². The number of benzene rings is 1. The third-order valence-electron chi connectivity index (χ3n) is 5.62. The van der Waals surface area contributed by atoms with Crippen LogP contribution >= 0.6 is 0 Å². The van der Waals surface area contributed by atoms with E-state index in [1.54, 1.807) is 0 Å². The van der Waals surface area contributed by atoms with E-state index in [0.717, 1.165) is 30.4 Å². The van der Waals surface area contributed by atoms with Crippen LogP contribution in [0.5, 0.6) is 0 Å². The van der Waals surface area contributed by atoms with Crippen molar-refractivity contribution in [2.45, 2.75) is 38.9 Å². The van der Waals surface area contributed by atoms with E-state index in [-0.39, 0.29) is 23.6 Å². The topological polar surface area (TPSA) is 40.5 Å². The fourth-order valence-electron chi connectivity index (χ4n) is 4.38. The predicted octanol–water partition coefficient (Wildman–Crippen LogP) is 3.54. The highest BCUT2D eigenvalue weighted by Crippen LogP contribution is 2.53. The van der Waals surface area contributed by atoms with E-state index in [2.05, 4.69) is 13.8 Å². The number of aromatic nitrogens is 1. The Morgan fingerprint density at radius 3 is 2.91 bits per heavy atom. The van der Waals surface area contributed by atoms with E-state index in [9.17, 15) is 4.79 Å². The first kappa shape index (κ1) is 14.8. The molecule has 2 aliphatic rings. The van der Waals surface area contributed by atoms with Crippen molar-refractivity contribution in [3.8, 4) is 0 Å². The molecule has 2 heterocycles. The van der Waals surface area contributed by atoms with Crippen LogP contribution in [0.2, 0.25) is 0 Å². The number of nitrogens with zero attached hydrogens (tertiary/aromatic N) is 1. The fourth-order valence-corrected chi connectivity index (χ4v) is 4.38. The lowest BCUT2D eigenvalue weighted by Gasteiger charge is -2.58. The second-order valence-electron chi connectivity index (χ2n) is 7.39. The largest absolute Gasteiger partial charge is 0.457 e. The van der Waals surface area contributed by atoms with Gasteiger partial charge in [-0.3, -0.25) is 0 Å². The molecule has 4 nitrogen and oxygen atoms in total. The number of carbonyl (C=O) groups is 1. The van der Waals surface area contributed by atoms with Crippen molar-refractivity contribution < 1.29 is 14.3 Å². The number of para-hydroxylation sites is 1. The van der Waals surface area contributed by atoms with Crippen molar-refractivity contribution in [1.82, 2.24) is 4.57 Å². The van der Waals surface area contributed by atoms with Gasteiger partial charge in [-0.1, -0.05) is 32.0 Å². The van der Waals surface area contributed by atoms with Gasteiger partial charge < -0.3 is 14.0 Å². The number of rotatable bonds is 2. The molecule has 23 heavy (non-hydrogen) atoms. The van der Waals surface area contributed by atoms with Crippen molar-refractivity contribution in [3.05, 3.63) is 36.0 Å². The van der Waals surface area contributed by atoms with Gasteiger partial charge in [0.1, 0.15) is 11.8 Å². The summed E-state index contributed by atoms with van der Waals surface area (Å²) < 4.78 is 13.7. The first-order valence-electron chi connectivity index (χ1n) is 8.37. The molecule has 0 spiro atoms. The number of hydrogen-bond acceptors (Lipinski definition) is 3. The SMILES string of the molecule is Cn1c(C(=O)O[C@@H]2[C@H]3CCCO[C@H]3C2(C)C)cc2ccccc21. The van der Waals surface area contributed by atoms with Gasteiger partial charge in [-0.2, -0.15) is 0 Å². The van der Waals surface area contributed by atoms with Gasteiger partial charge in [0.25, 0.3) is 0 Å². The van der Waals surface area contributed by atoms with Crippen molar-refractivity contribution in [1.29, 1.82) is 0 Å². The minimum Gasteiger partial charge on any atom is -0.457 e. The Bertz CT molecular complexity index is 761. The second kappa shape index (κ2) is 5.10. The van der Waals surface area contributed by atoms with Crippen molar-refractivity contribution in [3.63, 3.8) is 0 Å². The molecule has 1 aromatic carbocycles. The number of carbonyl (C=O) groups excluding carboxylic acids is 1. The van der Waals surface area contributed by atoms with Gasteiger partial charge in [-0.25, -0.2) is 4.79 Å². The van der Waals surface area contributed by atoms with E-state index in [1.165, 1.54) is 0 Å². The second-order valence-corrected chi connectivity index (χ2v) is 7.39. The molecule has 0 bridgehead atoms. The Morgan fingerprint density at radius 1 is 1.35 bits per heavy atom. The van der Waals surface area contributed by atoms with E-state index in [0.29, 0.717) is 11.6 Å². The summed E-state index contributed by atoms with van der Waals surface area (Å²) in [5.74, 6) is 0.114. The lowest BCUT2D eigenvalue weighted by molar-refractivity contribution is -0.243. The van der Waals surface area contributed by atoms with Crippen molar-refractivity contribution in [2.75, 3.05) is 6.61 Å². The quantitative estimate of drug-likeness (QED) is 0.796. The van der Waals surface area contributed by atoms with Crippen LogP contribution in [0.25, 0.3) is 10.9 Å². The van der Waals surface area contributed by atoms with Crippen LogP contribution < -0.4 is 0 Å². The molecule has 1 aliphatic carbocycles. The average molecular weight is 313 g/mol. The first-order chi connectivity index (χ1) is 11.0. The van der Waals surface area contributed by atoms with Gasteiger partial charge in [0, 0.05) is 35.9 Å². The molecule has 1 aliphatic heterocycles. The maximum Gasteiger partial charge on any atom is 0.355 e. The lowest BCUT2D eigenvalue weighted by atomic mass is 9.57. The molecule has 0 radical (unpaired) electrons. The van der Waals surface area contributed by atoms with Crippen LogP contribution in [-0.2, 0) is 16.5 Å². The van der Waals surface area contributed by atoms with E-state index < -0.39 is 0 Å². The van der Waals surface area contributed by atoms with E-state index in [4.69, 9.17) is 9.47 Å². The standard InChI is InChI=1S/C19H23NO3/c1-19(2)16-13(8-6-10-22-16)17(19)23-18(21)15-11-12-7-4-5-9-14(12)20(15)3/h4-5,7,9,11,13,16-17H,6,8,10H2,1-3H3/t13-,16+,17+/m0/s1. The molecule has 122 valence electrons. The normalized spacial score (nSPS) is 28.9. The molecular weight excluding hydrogens is 290 g/mol. The zero-order chi connectivity index (χ0) is 16.2. The highest BCUT2D eigenvalue weighted by molar-refractivity contribution is 5.95. The zero-order valence-corrected chi connectivity index (χ0v) is 13.9. The summed E-state index contributed by atoms with van der Waals surface area (Å²) in [6.07, 6.45) is 2.31. The molecule has 0 amide bonds. The molecule has 1 saturated carbocycles. The monoisotopic (exact) mass is 313 g/mol. The maximum atomic E-state index is 12.7. The Kier molecular flexibility index (Phi) is 3.27. The smallest absolute Gasteiger partial charge is 0.355 e. The Labute approximate surface area is 136 Å². The van der Waals surface area contributed by atoms with E-state index in [1.807, 2.05) is 41.9 Å². The molecule has 4 rings (SSSR count). The van der Waals surface area contributed by atoms with Crippen LogP contribution in [0.4, 0.5) is 0 Å². The molecule has 3 atom stereocenters. The molecule has 2 aromatic rings. The summed E-state index contributed by atoms with van der Waals surface area (Å²) in [6.45, 7) is 5.10. The van der Waals surface area contributed by atoms with Crippen LogP contribution in [0, 0.1) is 11.3 Å². The van der Waals surface area contributed by atoms with Crippen LogP contribution in [-0.4, -0.2) is 29.4 Å². The number of ether oxygens (including phenoxy) is 2. The highest BCUT2D eigenvalue weighted by atomic mass is 16.6. The summed E-state index contributed by atoms with van der Waals surface area (Å²) >= 11 is 0. The third-order valence-corrected chi connectivity index (χ3v) is 5.62. The van der Waals surface area contributed by atoms with Crippen molar-refractivity contribution >= 4 is 16.9 Å². The minimum atomic E-state index is -0.231. The molecular formula is C19H23NO3. The fraction of sp³-hybridized carbons (Fsp3) is 0.526. The average Bonchev–Trinajstić information content (AvgIpc) is 2.90. The summed E-state index contributed by atoms with van der Waals surface area (Å²) in [6, 6.07) is 9.92. The predicted molar refractivity (Wildman–Crippen MR) is 88.4 cm³/mol. The number of hydrogen-bond donors (Lipinski definition) is 0. The van der Waals surface area contributed by atoms with Gasteiger partial charge in [0.2, 0.25) is 0 Å². The summed E-state index contributed by atoms with van der Waals surface area (Å²) in [5, 5.41) is 1.06. The summed E-state index contributed by atoms with van der Waals surface area (Å²) in [7, 11) is 1.91. The van der Waals surface area contributed by atoms with Gasteiger partial charge >= 0.3 is 5.97 Å². The van der Waals surface area contributed by atoms with Gasteiger partial charge in [0.05, 0.1) is 6.10 Å². The van der Waals surface area contributed by atoms with Crippen molar-refractivity contribution in [2.24, 2.45) is 18.4 Å². The van der Waals surface area contributed by atoms with E-state index >= 15 is 0 Å². The van der Waals surface area contributed by atoms with Crippen LogP contribution in [0.1, 0.15) is 37.2 Å². The molecule has 0 N–H and O–H groups in total. The molecule has 0 unspecified atom stereocenters. The maximum absolute atomic E-state index is 12.7. The summed E-state index contributed by atoms with van der Waals surface area (Å²) in [4.78, 5) is 12.7. The molecule has 1 aromatic heterocycles. The molecule has 1 saturated heterocycles. The van der Waals surface area contributed by atoms with Crippen LogP contribution in [0.15, 0.2) is 30.3 Å². The highest BCUT2D eigenvalue weighted by Gasteiger charge is 2.60. The van der Waals surface area contributed by atoms with Crippen LogP contribution in [0.3, 0.4) is 0 Å². The number of esters is 1. The number of aryl methyl sites for hydroxylation is 1. The summed E-state index contributed by atoms with van der Waals surface area (Å²) in [5.41, 5.74) is 1.55.